The van der Waals surface area contributed by atoms with Crippen LogP contribution >= 0.6 is 47.2 Å². The van der Waals surface area contributed by atoms with Crippen LogP contribution in [0.3, 0.4) is 0 Å². The molecule has 1 aromatic carbocycles. The highest BCUT2D eigenvalue weighted by Gasteiger charge is 2.34. The van der Waals surface area contributed by atoms with Crippen molar-refractivity contribution in [1.29, 1.82) is 0 Å². The average Bonchev–Trinajstić information content (AvgIpc) is 2.45. The van der Waals surface area contributed by atoms with Gasteiger partial charge in [-0.1, -0.05) is 35.4 Å². The van der Waals surface area contributed by atoms with E-state index in [2.05, 4.69) is 17.2 Å². The Morgan fingerprint density at radius 1 is 1.00 bits per heavy atom. The fraction of sp³-hybridized carbons (Fsp3) is 0.167. The average molecular weight is 457 g/mol. The summed E-state index contributed by atoms with van der Waals surface area (Å²) >= 11 is 15.1. The van der Waals surface area contributed by atoms with Gasteiger partial charge in [0.25, 0.3) is 0 Å². The highest BCUT2D eigenvalue weighted by Crippen LogP contribution is 2.41. The largest absolute Gasteiger partial charge is 0.446 e. The number of nitrogens with zero attached hydrogens (tertiary/aromatic N) is 1. The van der Waals surface area contributed by atoms with E-state index < -0.39 is 66.2 Å². The number of thiocarbonyl (C=S) groups is 1. The van der Waals surface area contributed by atoms with Crippen LogP contribution in [-0.4, -0.2) is 16.3 Å². The molecule has 1 aromatic rings. The maximum Gasteiger partial charge on any atom is 0.446 e. The Balaban J connectivity index is 3.50. The minimum Gasteiger partial charge on any atom is -0.395 e. The van der Waals surface area contributed by atoms with E-state index in [-0.39, 0.29) is 0 Å². The van der Waals surface area contributed by atoms with E-state index in [1.165, 1.54) is 0 Å². The Kier molecular flexibility index (Phi) is 7.07. The van der Waals surface area contributed by atoms with Gasteiger partial charge in [-0.3, -0.25) is 0 Å². The maximum atomic E-state index is 12.7. The third-order valence-corrected chi connectivity index (χ3v) is 4.20. The second kappa shape index (κ2) is 8.11. The molecule has 0 saturated carbocycles. The first-order valence-electron chi connectivity index (χ1n) is 6.09. The fourth-order valence-electron chi connectivity index (χ4n) is 1.48. The van der Waals surface area contributed by atoms with Gasteiger partial charge in [-0.2, -0.15) is 26.3 Å². The second-order valence-electron chi connectivity index (χ2n) is 4.44. The molecule has 0 atom stereocenters. The normalized spacial score (nSPS) is 14.2. The summed E-state index contributed by atoms with van der Waals surface area (Å²) in [5, 5.41) is -1.17. The molecular formula is C12H8Cl2F6N4S2. The van der Waals surface area contributed by atoms with Crippen molar-refractivity contribution in [2.45, 2.75) is 11.7 Å². The molecule has 0 aliphatic carbocycles. The maximum absolute atomic E-state index is 12.7. The highest BCUT2D eigenvalue weighted by molar-refractivity contribution is 8.04. The van der Waals surface area contributed by atoms with Gasteiger partial charge in [0.05, 0.1) is 26.2 Å². The lowest BCUT2D eigenvalue weighted by molar-refractivity contribution is -0.137. The molecule has 0 amide bonds. The molecule has 0 spiro atoms. The van der Waals surface area contributed by atoms with Crippen LogP contribution in [0.2, 0.25) is 10.0 Å². The van der Waals surface area contributed by atoms with Crippen LogP contribution in [0.4, 0.5) is 32.0 Å². The quantitative estimate of drug-likeness (QED) is 0.200. The third kappa shape index (κ3) is 6.11. The molecule has 0 fully saturated rings. The summed E-state index contributed by atoms with van der Waals surface area (Å²) in [6.45, 7) is 0. The van der Waals surface area contributed by atoms with Crippen molar-refractivity contribution in [1.82, 2.24) is 0 Å². The van der Waals surface area contributed by atoms with Gasteiger partial charge in [0, 0.05) is 0 Å². The zero-order valence-corrected chi connectivity index (χ0v) is 15.3. The Morgan fingerprint density at radius 2 is 1.46 bits per heavy atom. The van der Waals surface area contributed by atoms with E-state index in [1.54, 1.807) is 0 Å². The molecule has 26 heavy (non-hydrogen) atoms. The molecule has 4 nitrogen and oxygen atoms in total. The molecular weight excluding hydrogens is 449 g/mol. The number of benzene rings is 1. The molecule has 6 N–H and O–H groups in total. The zero-order valence-electron chi connectivity index (χ0n) is 12.2. The van der Waals surface area contributed by atoms with Crippen molar-refractivity contribution < 1.29 is 26.3 Å². The number of hydrogen-bond acceptors (Lipinski definition) is 4. The Hall–Kier alpha value is -1.37. The number of halogens is 8. The monoisotopic (exact) mass is 456 g/mol. The van der Waals surface area contributed by atoms with Gasteiger partial charge in [-0.25, -0.2) is 4.99 Å². The molecule has 144 valence electrons. The Morgan fingerprint density at radius 3 is 1.81 bits per heavy atom. The van der Waals surface area contributed by atoms with E-state index >= 15 is 0 Å². The molecule has 0 saturated heterocycles. The number of nitrogens with two attached hydrogens (primary N) is 3. The van der Waals surface area contributed by atoms with Gasteiger partial charge in [0.15, 0.2) is 0 Å². The fourth-order valence-corrected chi connectivity index (χ4v) is 2.82. The van der Waals surface area contributed by atoms with Crippen molar-refractivity contribution in [3.8, 4) is 0 Å². The van der Waals surface area contributed by atoms with Crippen LogP contribution < -0.4 is 17.2 Å². The lowest BCUT2D eigenvalue weighted by atomic mass is 10.2. The van der Waals surface area contributed by atoms with E-state index in [1.807, 2.05) is 0 Å². The highest BCUT2D eigenvalue weighted by atomic mass is 35.5. The molecule has 0 unspecified atom stereocenters. The van der Waals surface area contributed by atoms with E-state index in [0.29, 0.717) is 12.1 Å². The first kappa shape index (κ1) is 22.7. The topological polar surface area (TPSA) is 90.4 Å². The first-order chi connectivity index (χ1) is 11.6. The summed E-state index contributed by atoms with van der Waals surface area (Å²) in [6.07, 6.45) is -4.74. The molecule has 0 radical (unpaired) electrons. The van der Waals surface area contributed by atoms with Gasteiger partial charge in [0.2, 0.25) is 0 Å². The van der Waals surface area contributed by atoms with Crippen LogP contribution in [-0.2, 0) is 6.18 Å². The smallest absolute Gasteiger partial charge is 0.395 e. The standard InChI is InChI=1S/C12H8Cl2F6N4S2/c13-4-1-3(11(15,16)17)2-5(14)7(4)24-9(22)8(6(21)10(23)25)26-12(18,19)20/h1-2H,21H2,(H2,22,24)(H2,23,25)/b8-6+. The van der Waals surface area contributed by atoms with Crippen molar-refractivity contribution in [3.05, 3.63) is 38.3 Å². The van der Waals surface area contributed by atoms with Gasteiger partial charge in [-0.15, -0.1) is 0 Å². The molecule has 0 aliphatic heterocycles. The summed E-state index contributed by atoms with van der Waals surface area (Å²) in [5.74, 6) is -0.832. The number of thioether (sulfide) groups is 1. The minimum atomic E-state index is -4.82. The number of hydrogen-bond donors (Lipinski definition) is 3. The summed E-state index contributed by atoms with van der Waals surface area (Å²) in [7, 11) is 0. The summed E-state index contributed by atoms with van der Waals surface area (Å²) in [5.41, 5.74) is 8.94. The van der Waals surface area contributed by atoms with Crippen LogP contribution in [0.15, 0.2) is 27.7 Å². The summed E-state index contributed by atoms with van der Waals surface area (Å²) in [6, 6.07) is 0.994. The van der Waals surface area contributed by atoms with Gasteiger partial charge >= 0.3 is 11.7 Å². The van der Waals surface area contributed by atoms with Crippen LogP contribution in [0.1, 0.15) is 5.56 Å². The van der Waals surface area contributed by atoms with E-state index in [0.717, 1.165) is 0 Å². The van der Waals surface area contributed by atoms with Crippen molar-refractivity contribution in [3.63, 3.8) is 0 Å². The zero-order chi connectivity index (χ0) is 20.4. The van der Waals surface area contributed by atoms with Gasteiger partial charge in [0.1, 0.15) is 16.5 Å². The molecule has 0 aliphatic rings. The molecule has 0 heterocycles. The van der Waals surface area contributed by atoms with Crippen LogP contribution in [0.5, 0.6) is 0 Å². The summed E-state index contributed by atoms with van der Waals surface area (Å²) in [4.78, 5) is 2.14. The number of aliphatic imine (C=N–C) groups is 1. The Labute approximate surface area is 162 Å². The van der Waals surface area contributed by atoms with Gasteiger partial charge in [-0.05, 0) is 23.9 Å². The number of alkyl halides is 6. The minimum absolute atomic E-state index is 0.477. The molecule has 1 rings (SSSR count). The number of rotatable bonds is 4. The van der Waals surface area contributed by atoms with Crippen molar-refractivity contribution in [2.24, 2.45) is 22.2 Å². The van der Waals surface area contributed by atoms with Crippen LogP contribution in [0.25, 0.3) is 0 Å². The number of amidine groups is 1. The van der Waals surface area contributed by atoms with Gasteiger partial charge < -0.3 is 17.2 Å². The SMILES string of the molecule is NC(=S)/C(N)=C(\SC(F)(F)F)C(N)=Nc1c(Cl)cc(C(F)(F)F)cc1Cl. The predicted octanol–water partition coefficient (Wildman–Crippen LogP) is 4.71. The second-order valence-corrected chi connectivity index (χ2v) is 6.77. The van der Waals surface area contributed by atoms with Crippen LogP contribution in [0, 0.1) is 0 Å². The van der Waals surface area contributed by atoms with Crippen molar-refractivity contribution in [2.75, 3.05) is 0 Å². The first-order valence-corrected chi connectivity index (χ1v) is 8.07. The Bertz CT molecular complexity index is 766. The lowest BCUT2D eigenvalue weighted by Gasteiger charge is -2.14. The van der Waals surface area contributed by atoms with E-state index in [4.69, 9.17) is 40.4 Å². The summed E-state index contributed by atoms with van der Waals surface area (Å²) < 4.78 is 76.1. The van der Waals surface area contributed by atoms with E-state index in [9.17, 15) is 26.3 Å². The molecule has 0 bridgehead atoms. The molecule has 14 heteroatoms. The lowest BCUT2D eigenvalue weighted by Crippen LogP contribution is -2.26. The third-order valence-electron chi connectivity index (χ3n) is 2.54. The predicted molar refractivity (Wildman–Crippen MR) is 94.4 cm³/mol. The molecule has 0 aromatic heterocycles. The van der Waals surface area contributed by atoms with Crippen molar-refractivity contribution >= 4 is 63.7 Å².